The van der Waals surface area contributed by atoms with Crippen molar-refractivity contribution in [2.45, 2.75) is 11.7 Å². The minimum absolute atomic E-state index is 0.164. The van der Waals surface area contributed by atoms with Gasteiger partial charge in [0.1, 0.15) is 5.75 Å². The lowest BCUT2D eigenvalue weighted by Gasteiger charge is -2.08. The zero-order valence-electron chi connectivity index (χ0n) is 14.5. The van der Waals surface area contributed by atoms with E-state index in [9.17, 15) is 4.79 Å². The van der Waals surface area contributed by atoms with Crippen LogP contribution in [-0.2, 0) is 11.3 Å². The molecular weight excluding hydrogens is 388 g/mol. The second kappa shape index (κ2) is 8.79. The first-order valence-corrected chi connectivity index (χ1v) is 9.33. The quantitative estimate of drug-likeness (QED) is 0.449. The predicted molar refractivity (Wildman–Crippen MR) is 105 cm³/mol. The van der Waals surface area contributed by atoms with Gasteiger partial charge < -0.3 is 14.5 Å². The van der Waals surface area contributed by atoms with Crippen molar-refractivity contribution in [1.29, 1.82) is 0 Å². The number of halogens is 1. The number of carbonyl (C=O) groups is 1. The minimum atomic E-state index is -0.186. The zero-order chi connectivity index (χ0) is 19.2. The van der Waals surface area contributed by atoms with Gasteiger partial charge >= 0.3 is 0 Å². The van der Waals surface area contributed by atoms with Gasteiger partial charge in [0.15, 0.2) is 10.9 Å². The molecule has 0 saturated carbocycles. The highest BCUT2D eigenvalue weighted by atomic mass is 35.5. The van der Waals surface area contributed by atoms with E-state index >= 15 is 0 Å². The lowest BCUT2D eigenvalue weighted by atomic mass is 10.3. The number of hydrogen-bond donors (Lipinski definition) is 1. The fourth-order valence-corrected chi connectivity index (χ4v) is 3.35. The zero-order valence-corrected chi connectivity index (χ0v) is 16.1. The number of carbonyl (C=O) groups excluding carboxylic acids is 1. The molecule has 0 saturated heterocycles. The number of furan rings is 1. The SMILES string of the molecule is C=CCn1c(SCC(=O)Nc2ccc(OC)c(Cl)c2)nnc1-c1ccco1. The highest BCUT2D eigenvalue weighted by molar-refractivity contribution is 7.99. The summed E-state index contributed by atoms with van der Waals surface area (Å²) in [6.45, 7) is 4.26. The van der Waals surface area contributed by atoms with Gasteiger partial charge in [0.05, 0.1) is 24.1 Å². The molecule has 0 radical (unpaired) electrons. The van der Waals surface area contributed by atoms with Crippen LogP contribution in [0.4, 0.5) is 5.69 Å². The number of methoxy groups -OCH3 is 1. The van der Waals surface area contributed by atoms with Gasteiger partial charge in [0.2, 0.25) is 11.7 Å². The van der Waals surface area contributed by atoms with Crippen molar-refractivity contribution in [3.05, 3.63) is 54.3 Å². The molecule has 2 aromatic heterocycles. The van der Waals surface area contributed by atoms with Crippen molar-refractivity contribution in [2.75, 3.05) is 18.2 Å². The summed E-state index contributed by atoms with van der Waals surface area (Å²) in [6, 6.07) is 8.64. The number of ether oxygens (including phenoxy) is 1. The van der Waals surface area contributed by atoms with Crippen molar-refractivity contribution < 1.29 is 13.9 Å². The maximum absolute atomic E-state index is 12.3. The Kier molecular flexibility index (Phi) is 6.20. The maximum atomic E-state index is 12.3. The van der Waals surface area contributed by atoms with Crippen LogP contribution in [0, 0.1) is 0 Å². The van der Waals surface area contributed by atoms with E-state index in [1.165, 1.54) is 18.9 Å². The number of rotatable bonds is 8. The summed E-state index contributed by atoms with van der Waals surface area (Å²) in [5, 5.41) is 12.1. The topological polar surface area (TPSA) is 82.2 Å². The first-order valence-electron chi connectivity index (χ1n) is 7.96. The average Bonchev–Trinajstić information content (AvgIpc) is 3.30. The number of nitrogens with zero attached hydrogens (tertiary/aromatic N) is 3. The van der Waals surface area contributed by atoms with Gasteiger partial charge in [-0.2, -0.15) is 0 Å². The number of amides is 1. The highest BCUT2D eigenvalue weighted by Gasteiger charge is 2.16. The third kappa shape index (κ3) is 4.53. The summed E-state index contributed by atoms with van der Waals surface area (Å²) in [4.78, 5) is 12.3. The molecule has 1 amide bonds. The van der Waals surface area contributed by atoms with Crippen LogP contribution >= 0.6 is 23.4 Å². The molecule has 0 fully saturated rings. The third-order valence-electron chi connectivity index (χ3n) is 3.54. The molecule has 3 rings (SSSR count). The molecular formula is C18H17ClN4O3S. The number of nitrogens with one attached hydrogen (secondary N) is 1. The smallest absolute Gasteiger partial charge is 0.234 e. The predicted octanol–water partition coefficient (Wildman–Crippen LogP) is 4.12. The fraction of sp³-hybridized carbons (Fsp3) is 0.167. The molecule has 0 unspecified atom stereocenters. The second-order valence-electron chi connectivity index (χ2n) is 5.37. The van der Waals surface area contributed by atoms with Crippen molar-refractivity contribution in [2.24, 2.45) is 0 Å². The molecule has 0 spiro atoms. The Morgan fingerprint density at radius 2 is 2.30 bits per heavy atom. The molecule has 0 atom stereocenters. The fourth-order valence-electron chi connectivity index (χ4n) is 2.35. The van der Waals surface area contributed by atoms with Crippen LogP contribution in [-0.4, -0.2) is 33.5 Å². The van der Waals surface area contributed by atoms with E-state index in [0.717, 1.165) is 0 Å². The average molecular weight is 405 g/mol. The minimum Gasteiger partial charge on any atom is -0.495 e. The summed E-state index contributed by atoms with van der Waals surface area (Å²) >= 11 is 7.35. The number of benzene rings is 1. The van der Waals surface area contributed by atoms with E-state index in [-0.39, 0.29) is 11.7 Å². The van der Waals surface area contributed by atoms with Gasteiger partial charge in [-0.3, -0.25) is 9.36 Å². The van der Waals surface area contributed by atoms with Crippen LogP contribution in [0.25, 0.3) is 11.6 Å². The van der Waals surface area contributed by atoms with Gasteiger partial charge in [-0.15, -0.1) is 16.8 Å². The molecule has 7 nitrogen and oxygen atoms in total. The lowest BCUT2D eigenvalue weighted by Crippen LogP contribution is -2.14. The summed E-state index contributed by atoms with van der Waals surface area (Å²) in [6.07, 6.45) is 3.31. The van der Waals surface area contributed by atoms with Crippen molar-refractivity contribution in [3.63, 3.8) is 0 Å². The van der Waals surface area contributed by atoms with E-state index in [1.807, 2.05) is 4.57 Å². The molecule has 140 valence electrons. The van der Waals surface area contributed by atoms with Crippen LogP contribution in [0.2, 0.25) is 5.02 Å². The molecule has 1 aromatic carbocycles. The Hall–Kier alpha value is -2.71. The van der Waals surface area contributed by atoms with Gasteiger partial charge in [-0.25, -0.2) is 0 Å². The number of thioether (sulfide) groups is 1. The first kappa shape index (κ1) is 19.1. The molecule has 0 aliphatic carbocycles. The first-order chi connectivity index (χ1) is 13.1. The van der Waals surface area contributed by atoms with Crippen LogP contribution in [0.5, 0.6) is 5.75 Å². The largest absolute Gasteiger partial charge is 0.495 e. The van der Waals surface area contributed by atoms with Crippen LogP contribution in [0.3, 0.4) is 0 Å². The second-order valence-corrected chi connectivity index (χ2v) is 6.72. The molecule has 1 N–H and O–H groups in total. The Bertz CT molecular complexity index is 940. The molecule has 3 aromatic rings. The van der Waals surface area contributed by atoms with Crippen molar-refractivity contribution in [3.8, 4) is 17.3 Å². The molecule has 0 bridgehead atoms. The summed E-state index contributed by atoms with van der Waals surface area (Å²) < 4.78 is 12.3. The normalized spacial score (nSPS) is 10.6. The Balaban J connectivity index is 1.66. The number of anilines is 1. The number of aromatic nitrogens is 3. The summed E-state index contributed by atoms with van der Waals surface area (Å²) in [5.41, 5.74) is 0.593. The van der Waals surface area contributed by atoms with Gasteiger partial charge in [-0.05, 0) is 30.3 Å². The van der Waals surface area contributed by atoms with E-state index in [4.69, 9.17) is 20.8 Å². The molecule has 27 heavy (non-hydrogen) atoms. The van der Waals surface area contributed by atoms with E-state index < -0.39 is 0 Å². The van der Waals surface area contributed by atoms with Crippen LogP contribution in [0.1, 0.15) is 0 Å². The summed E-state index contributed by atoms with van der Waals surface area (Å²) in [5.74, 6) is 1.72. The van der Waals surface area contributed by atoms with Gasteiger partial charge in [0.25, 0.3) is 0 Å². The molecule has 9 heteroatoms. The number of hydrogen-bond acceptors (Lipinski definition) is 6. The van der Waals surface area contributed by atoms with E-state index in [1.54, 1.807) is 42.7 Å². The van der Waals surface area contributed by atoms with E-state index in [0.29, 0.717) is 39.7 Å². The van der Waals surface area contributed by atoms with E-state index in [2.05, 4.69) is 22.1 Å². The molecule has 0 aliphatic rings. The Morgan fingerprint density at radius 1 is 1.44 bits per heavy atom. The Labute approximate surface area is 165 Å². The Morgan fingerprint density at radius 3 is 2.96 bits per heavy atom. The summed E-state index contributed by atoms with van der Waals surface area (Å²) in [7, 11) is 1.53. The van der Waals surface area contributed by atoms with Crippen molar-refractivity contribution in [1.82, 2.24) is 14.8 Å². The molecule has 2 heterocycles. The highest BCUT2D eigenvalue weighted by Crippen LogP contribution is 2.28. The molecule has 0 aliphatic heterocycles. The van der Waals surface area contributed by atoms with Crippen molar-refractivity contribution >= 4 is 35.0 Å². The standard InChI is InChI=1S/C18H17ClN4O3S/c1-3-8-23-17(15-5-4-9-26-15)21-22-18(23)27-11-16(24)20-12-6-7-14(25-2)13(19)10-12/h3-7,9-10H,1,8,11H2,2H3,(H,20,24). The van der Waals surface area contributed by atoms with Gasteiger partial charge in [-0.1, -0.05) is 29.4 Å². The van der Waals surface area contributed by atoms with Crippen LogP contribution in [0.15, 0.2) is 58.8 Å². The number of allylic oxidation sites excluding steroid dienone is 1. The maximum Gasteiger partial charge on any atom is 0.234 e. The van der Waals surface area contributed by atoms with Gasteiger partial charge in [0, 0.05) is 12.2 Å². The lowest BCUT2D eigenvalue weighted by molar-refractivity contribution is -0.113. The third-order valence-corrected chi connectivity index (χ3v) is 4.80. The monoisotopic (exact) mass is 404 g/mol. The van der Waals surface area contributed by atoms with Crippen LogP contribution < -0.4 is 10.1 Å².